The van der Waals surface area contributed by atoms with Crippen LogP contribution in [-0.4, -0.2) is 44.7 Å². The first kappa shape index (κ1) is 23.4. The third-order valence-electron chi connectivity index (χ3n) is 5.79. The highest BCUT2D eigenvalue weighted by Crippen LogP contribution is 2.38. The average Bonchev–Trinajstić information content (AvgIpc) is 3.39. The van der Waals surface area contributed by atoms with Gasteiger partial charge in [-0.15, -0.1) is 0 Å². The summed E-state index contributed by atoms with van der Waals surface area (Å²) in [5.74, 6) is 0.417. The third kappa shape index (κ3) is 4.64. The third-order valence-corrected chi connectivity index (χ3v) is 5.79. The lowest BCUT2D eigenvalue weighted by atomic mass is 9.99. The van der Waals surface area contributed by atoms with Crippen LogP contribution >= 0.6 is 0 Å². The standard InChI is InChI=1S/C25H30N4O5/c1-6-14(2)20(24(31)32)27-23(30)16-9-10-29-19(12-16)26-21(22(29)28-25(3,4)5)15-7-8-17-18(11-15)34-13-33-17/h7-12,14,20,28H,6,13H2,1-5H3,(H,27,30)(H,31,32). The molecule has 1 aromatic carbocycles. The molecule has 3 aromatic rings. The van der Waals surface area contributed by atoms with Crippen molar-refractivity contribution in [3.8, 4) is 22.8 Å². The first-order valence-electron chi connectivity index (χ1n) is 11.3. The number of pyridine rings is 1. The van der Waals surface area contributed by atoms with Crippen LogP contribution < -0.4 is 20.1 Å². The number of fused-ring (bicyclic) bond motifs is 2. The van der Waals surface area contributed by atoms with E-state index in [2.05, 4.69) is 31.4 Å². The fourth-order valence-electron chi connectivity index (χ4n) is 3.81. The van der Waals surface area contributed by atoms with E-state index in [4.69, 9.17) is 14.5 Å². The van der Waals surface area contributed by atoms with E-state index in [1.165, 1.54) is 0 Å². The lowest BCUT2D eigenvalue weighted by molar-refractivity contribution is -0.140. The smallest absolute Gasteiger partial charge is 0.326 e. The van der Waals surface area contributed by atoms with Crippen molar-refractivity contribution in [3.63, 3.8) is 0 Å². The summed E-state index contributed by atoms with van der Waals surface area (Å²) in [6.45, 7) is 10.0. The molecule has 1 aliphatic heterocycles. The van der Waals surface area contributed by atoms with Gasteiger partial charge < -0.3 is 25.2 Å². The highest BCUT2D eigenvalue weighted by molar-refractivity contribution is 5.97. The Hall–Kier alpha value is -3.75. The molecule has 1 amide bonds. The molecule has 4 rings (SSSR count). The molecule has 0 bridgehead atoms. The maximum absolute atomic E-state index is 12.9. The maximum Gasteiger partial charge on any atom is 0.326 e. The number of hydrogen-bond donors (Lipinski definition) is 3. The van der Waals surface area contributed by atoms with Gasteiger partial charge in [-0.2, -0.15) is 0 Å². The van der Waals surface area contributed by atoms with Crippen LogP contribution in [0.25, 0.3) is 16.9 Å². The summed E-state index contributed by atoms with van der Waals surface area (Å²) >= 11 is 0. The minimum Gasteiger partial charge on any atom is -0.480 e. The largest absolute Gasteiger partial charge is 0.480 e. The molecule has 0 saturated carbocycles. The van der Waals surface area contributed by atoms with Crippen LogP contribution in [0.4, 0.5) is 5.82 Å². The van der Waals surface area contributed by atoms with Gasteiger partial charge in [0.15, 0.2) is 11.5 Å². The number of nitrogens with zero attached hydrogens (tertiary/aromatic N) is 2. The van der Waals surface area contributed by atoms with Crippen molar-refractivity contribution in [3.05, 3.63) is 42.1 Å². The van der Waals surface area contributed by atoms with Crippen LogP contribution in [0.1, 0.15) is 51.4 Å². The molecule has 2 aromatic heterocycles. The van der Waals surface area contributed by atoms with Crippen molar-refractivity contribution >= 4 is 23.3 Å². The summed E-state index contributed by atoms with van der Waals surface area (Å²) in [6, 6.07) is 8.01. The first-order valence-corrected chi connectivity index (χ1v) is 11.3. The van der Waals surface area contributed by atoms with E-state index in [1.54, 1.807) is 25.3 Å². The molecule has 0 radical (unpaired) electrons. The molecule has 3 heterocycles. The Kier molecular flexibility index (Phi) is 6.12. The van der Waals surface area contributed by atoms with E-state index >= 15 is 0 Å². The molecule has 0 fully saturated rings. The van der Waals surface area contributed by atoms with Gasteiger partial charge in [0.25, 0.3) is 5.91 Å². The van der Waals surface area contributed by atoms with Gasteiger partial charge in [0.1, 0.15) is 23.2 Å². The topological polar surface area (TPSA) is 114 Å². The van der Waals surface area contributed by atoms with E-state index < -0.39 is 17.9 Å². The van der Waals surface area contributed by atoms with Crippen LogP contribution in [0.5, 0.6) is 11.5 Å². The maximum atomic E-state index is 12.9. The highest BCUT2D eigenvalue weighted by Gasteiger charge is 2.27. The van der Waals surface area contributed by atoms with Crippen molar-refractivity contribution < 1.29 is 24.2 Å². The van der Waals surface area contributed by atoms with Crippen LogP contribution in [-0.2, 0) is 4.79 Å². The van der Waals surface area contributed by atoms with Crippen molar-refractivity contribution in [2.24, 2.45) is 5.92 Å². The zero-order chi connectivity index (χ0) is 24.6. The number of nitrogens with one attached hydrogen (secondary N) is 2. The Morgan fingerprint density at radius 3 is 2.59 bits per heavy atom. The lowest BCUT2D eigenvalue weighted by Gasteiger charge is -2.23. The second-order valence-electron chi connectivity index (χ2n) is 9.57. The number of ether oxygens (including phenoxy) is 2. The molecule has 9 heteroatoms. The van der Waals surface area contributed by atoms with Crippen LogP contribution in [0.15, 0.2) is 36.5 Å². The highest BCUT2D eigenvalue weighted by atomic mass is 16.7. The molecule has 2 atom stereocenters. The SMILES string of the molecule is CCC(C)C(NC(=O)c1ccn2c(NC(C)(C)C)c(-c3ccc4c(c3)OCO4)nc2c1)C(=O)O. The van der Waals surface area contributed by atoms with Gasteiger partial charge in [-0.25, -0.2) is 9.78 Å². The number of imidazole rings is 1. The van der Waals surface area contributed by atoms with Crippen LogP contribution in [0.2, 0.25) is 0 Å². The second kappa shape index (κ2) is 8.89. The number of carbonyl (C=O) groups excluding carboxylic acids is 1. The number of carboxylic acids is 1. The average molecular weight is 467 g/mol. The summed E-state index contributed by atoms with van der Waals surface area (Å²) in [5, 5.41) is 15.7. The summed E-state index contributed by atoms with van der Waals surface area (Å²) in [7, 11) is 0. The van der Waals surface area contributed by atoms with Crippen LogP contribution in [0, 0.1) is 5.92 Å². The quantitative estimate of drug-likeness (QED) is 0.479. The van der Waals surface area contributed by atoms with Gasteiger partial charge in [0, 0.05) is 22.9 Å². The zero-order valence-corrected chi connectivity index (χ0v) is 20.0. The van der Waals surface area contributed by atoms with Crippen molar-refractivity contribution in [2.45, 2.75) is 52.6 Å². The number of carbonyl (C=O) groups is 2. The number of amides is 1. The predicted molar refractivity (Wildman–Crippen MR) is 128 cm³/mol. The number of rotatable bonds is 7. The molecule has 180 valence electrons. The Labute approximate surface area is 198 Å². The van der Waals surface area contributed by atoms with Crippen molar-refractivity contribution in [2.75, 3.05) is 12.1 Å². The second-order valence-corrected chi connectivity index (χ2v) is 9.57. The van der Waals surface area contributed by atoms with E-state index in [-0.39, 0.29) is 18.2 Å². The molecule has 0 aliphatic carbocycles. The Bertz CT molecular complexity index is 1240. The molecule has 1 aliphatic rings. The molecule has 0 spiro atoms. The lowest BCUT2D eigenvalue weighted by Crippen LogP contribution is -2.45. The van der Waals surface area contributed by atoms with Gasteiger partial charge in [-0.3, -0.25) is 9.20 Å². The number of hydrogen-bond acceptors (Lipinski definition) is 6. The Balaban J connectivity index is 1.74. The van der Waals surface area contributed by atoms with E-state index in [1.807, 2.05) is 29.5 Å². The van der Waals surface area contributed by atoms with Crippen LogP contribution in [0.3, 0.4) is 0 Å². The van der Waals surface area contributed by atoms with Gasteiger partial charge in [-0.1, -0.05) is 20.3 Å². The van der Waals surface area contributed by atoms with Gasteiger partial charge >= 0.3 is 5.97 Å². The minimum atomic E-state index is -1.05. The monoisotopic (exact) mass is 466 g/mol. The van der Waals surface area contributed by atoms with Gasteiger partial charge in [0.05, 0.1) is 0 Å². The Morgan fingerprint density at radius 2 is 1.91 bits per heavy atom. The van der Waals surface area contributed by atoms with Gasteiger partial charge in [0.2, 0.25) is 6.79 Å². The Morgan fingerprint density at radius 1 is 1.18 bits per heavy atom. The van der Waals surface area contributed by atoms with Crippen molar-refractivity contribution in [1.29, 1.82) is 0 Å². The molecule has 2 unspecified atom stereocenters. The molecule has 3 N–H and O–H groups in total. The summed E-state index contributed by atoms with van der Waals surface area (Å²) in [5.41, 5.74) is 2.19. The van der Waals surface area contributed by atoms with Crippen molar-refractivity contribution in [1.82, 2.24) is 14.7 Å². The number of benzene rings is 1. The number of aromatic nitrogens is 2. The van der Waals surface area contributed by atoms with E-state index in [0.29, 0.717) is 34.8 Å². The first-order chi connectivity index (χ1) is 16.1. The normalized spacial score (nSPS) is 14.6. The molecule has 0 saturated heterocycles. The zero-order valence-electron chi connectivity index (χ0n) is 20.0. The summed E-state index contributed by atoms with van der Waals surface area (Å²) in [6.07, 6.45) is 2.40. The van der Waals surface area contributed by atoms with E-state index in [9.17, 15) is 14.7 Å². The molecule has 34 heavy (non-hydrogen) atoms. The molecular formula is C25H30N4O5. The fourth-order valence-corrected chi connectivity index (χ4v) is 3.81. The summed E-state index contributed by atoms with van der Waals surface area (Å²) in [4.78, 5) is 29.3. The number of carboxylic acid groups (broad SMARTS) is 1. The predicted octanol–water partition coefficient (Wildman–Crippen LogP) is 4.17. The van der Waals surface area contributed by atoms with E-state index in [0.717, 1.165) is 11.4 Å². The molecular weight excluding hydrogens is 436 g/mol. The fraction of sp³-hybridized carbons (Fsp3) is 0.400. The number of anilines is 1. The van der Waals surface area contributed by atoms with Gasteiger partial charge in [-0.05, 0) is 57.0 Å². The molecule has 9 nitrogen and oxygen atoms in total. The minimum absolute atomic E-state index is 0.184. The number of aliphatic carboxylic acids is 1. The summed E-state index contributed by atoms with van der Waals surface area (Å²) < 4.78 is 12.8.